The van der Waals surface area contributed by atoms with Crippen molar-refractivity contribution in [1.82, 2.24) is 9.88 Å². The molecule has 6 heteroatoms. The van der Waals surface area contributed by atoms with Gasteiger partial charge in [0.25, 0.3) is 0 Å². The standard InChI is InChI=1S/C51H32N4OS/c1-3-12-31(13-4-1)49-52-50(32-14-5-2-6-15-32)54-51(53-49)42-19-11-18-41-38-25-22-33(28-45(38)56-48(41)42)34-23-26-39-40-27-24-35(30-47(40)57-46(39)29-34)55-43-20-9-7-16-36(43)37-17-8-10-21-44(37)55/h1-30,49H,(H,52,53,54). The van der Waals surface area contributed by atoms with Crippen molar-refractivity contribution in [3.63, 3.8) is 0 Å². The van der Waals surface area contributed by atoms with Gasteiger partial charge in [-0.15, -0.1) is 11.3 Å². The van der Waals surface area contributed by atoms with Gasteiger partial charge in [0.1, 0.15) is 23.2 Å². The maximum absolute atomic E-state index is 6.76. The van der Waals surface area contributed by atoms with Crippen LogP contribution >= 0.6 is 11.3 Å². The molecule has 4 heterocycles. The summed E-state index contributed by atoms with van der Waals surface area (Å²) in [6.07, 6.45) is -0.288. The van der Waals surface area contributed by atoms with Gasteiger partial charge in [0.2, 0.25) is 0 Å². The zero-order valence-corrected chi connectivity index (χ0v) is 31.4. The fourth-order valence-corrected chi connectivity index (χ4v) is 9.74. The highest BCUT2D eigenvalue weighted by Gasteiger charge is 2.24. The molecule has 268 valence electrons. The third-order valence-corrected chi connectivity index (χ3v) is 12.4. The maximum Gasteiger partial charge on any atom is 0.163 e. The topological polar surface area (TPSA) is 54.8 Å². The molecule has 3 aromatic heterocycles. The van der Waals surface area contributed by atoms with Crippen LogP contribution in [0.1, 0.15) is 22.9 Å². The Balaban J connectivity index is 0.938. The second kappa shape index (κ2) is 12.6. The summed E-state index contributed by atoms with van der Waals surface area (Å²) in [5.74, 6) is 1.42. The summed E-state index contributed by atoms with van der Waals surface area (Å²) in [6, 6.07) is 64.4. The molecule has 0 radical (unpaired) electrons. The van der Waals surface area contributed by atoms with Gasteiger partial charge in [-0.05, 0) is 65.2 Å². The Kier molecular flexibility index (Phi) is 7.09. The summed E-state index contributed by atoms with van der Waals surface area (Å²) in [7, 11) is 0. The molecule has 1 aliphatic rings. The second-order valence-corrected chi connectivity index (χ2v) is 15.7. The molecule has 0 amide bonds. The number of nitrogens with zero attached hydrogens (tertiary/aromatic N) is 3. The summed E-state index contributed by atoms with van der Waals surface area (Å²) in [5.41, 5.74) is 10.5. The van der Waals surface area contributed by atoms with Crippen molar-refractivity contribution in [2.24, 2.45) is 9.98 Å². The number of amidine groups is 2. The van der Waals surface area contributed by atoms with E-state index in [0.29, 0.717) is 5.84 Å². The van der Waals surface area contributed by atoms with Crippen molar-refractivity contribution in [2.75, 3.05) is 0 Å². The first-order valence-electron chi connectivity index (χ1n) is 19.2. The number of thiophene rings is 1. The van der Waals surface area contributed by atoms with Crippen LogP contribution in [-0.4, -0.2) is 16.2 Å². The van der Waals surface area contributed by atoms with Crippen molar-refractivity contribution in [3.05, 3.63) is 199 Å². The molecule has 0 fully saturated rings. The van der Waals surface area contributed by atoms with E-state index >= 15 is 0 Å². The third-order valence-electron chi connectivity index (χ3n) is 11.3. The molecule has 0 bridgehead atoms. The molecule has 57 heavy (non-hydrogen) atoms. The zero-order chi connectivity index (χ0) is 37.5. The van der Waals surface area contributed by atoms with Gasteiger partial charge in [-0.1, -0.05) is 133 Å². The highest BCUT2D eigenvalue weighted by Crippen LogP contribution is 2.41. The minimum absolute atomic E-state index is 0.288. The van der Waals surface area contributed by atoms with Gasteiger partial charge < -0.3 is 14.3 Å². The average Bonchev–Trinajstić information content (AvgIpc) is 3.95. The lowest BCUT2D eigenvalue weighted by Gasteiger charge is -2.23. The van der Waals surface area contributed by atoms with E-state index in [2.05, 4.69) is 155 Å². The van der Waals surface area contributed by atoms with Crippen LogP contribution in [0.2, 0.25) is 0 Å². The quantitative estimate of drug-likeness (QED) is 0.191. The molecule has 11 aromatic rings. The number of aromatic nitrogens is 1. The van der Waals surface area contributed by atoms with Gasteiger partial charge in [0.05, 0.1) is 16.6 Å². The SMILES string of the molecule is c1ccc(C2=NC(c3cccc4c3oc3cc(-c5ccc6c(c5)sc5cc(-n7c8ccccc8c8ccccc87)ccc56)ccc34)=NC(c3ccccc3)N2)cc1. The second-order valence-electron chi connectivity index (χ2n) is 14.6. The Morgan fingerprint density at radius 1 is 0.509 bits per heavy atom. The largest absolute Gasteiger partial charge is 0.455 e. The van der Waals surface area contributed by atoms with Crippen LogP contribution in [0.15, 0.2) is 196 Å². The lowest BCUT2D eigenvalue weighted by atomic mass is 10.0. The number of benzene rings is 8. The summed E-state index contributed by atoms with van der Waals surface area (Å²) in [4.78, 5) is 10.2. The fourth-order valence-electron chi connectivity index (χ4n) is 8.56. The minimum Gasteiger partial charge on any atom is -0.455 e. The van der Waals surface area contributed by atoms with Gasteiger partial charge in [-0.2, -0.15) is 0 Å². The predicted molar refractivity (Wildman–Crippen MR) is 238 cm³/mol. The molecule has 12 rings (SSSR count). The number of hydrogen-bond donors (Lipinski definition) is 1. The van der Waals surface area contributed by atoms with Crippen LogP contribution in [0.5, 0.6) is 0 Å². The minimum atomic E-state index is -0.288. The number of para-hydroxylation sites is 3. The predicted octanol–water partition coefficient (Wildman–Crippen LogP) is 13.2. The van der Waals surface area contributed by atoms with Gasteiger partial charge in [0.15, 0.2) is 5.84 Å². The third kappa shape index (κ3) is 5.15. The normalized spacial score (nSPS) is 14.5. The Labute approximate surface area is 331 Å². The van der Waals surface area contributed by atoms with E-state index in [1.54, 1.807) is 0 Å². The monoisotopic (exact) mass is 748 g/mol. The first-order chi connectivity index (χ1) is 28.2. The lowest BCUT2D eigenvalue weighted by molar-refractivity contribution is 0.663. The van der Waals surface area contributed by atoms with Crippen LogP contribution in [0.25, 0.3) is 80.7 Å². The summed E-state index contributed by atoms with van der Waals surface area (Å²) >= 11 is 1.85. The molecule has 0 saturated carbocycles. The molecule has 0 saturated heterocycles. The number of aliphatic imine (C=N–C) groups is 2. The Morgan fingerprint density at radius 3 is 1.91 bits per heavy atom. The molecule has 8 aromatic carbocycles. The number of nitrogens with one attached hydrogen (secondary N) is 1. The van der Waals surface area contributed by atoms with Crippen molar-refractivity contribution < 1.29 is 4.42 Å². The molecule has 1 N–H and O–H groups in total. The molecule has 1 aliphatic heterocycles. The molecule has 5 nitrogen and oxygen atoms in total. The summed E-state index contributed by atoms with van der Waals surface area (Å²) < 4.78 is 11.7. The summed E-state index contributed by atoms with van der Waals surface area (Å²) in [5, 5.41) is 10.8. The van der Waals surface area contributed by atoms with E-state index in [0.717, 1.165) is 55.6 Å². The van der Waals surface area contributed by atoms with Crippen molar-refractivity contribution >= 4 is 86.9 Å². The maximum atomic E-state index is 6.76. The van der Waals surface area contributed by atoms with Crippen LogP contribution in [0.4, 0.5) is 0 Å². The highest BCUT2D eigenvalue weighted by atomic mass is 32.1. The van der Waals surface area contributed by atoms with E-state index in [-0.39, 0.29) is 6.17 Å². The van der Waals surface area contributed by atoms with Crippen LogP contribution in [0.3, 0.4) is 0 Å². The average molecular weight is 749 g/mol. The van der Waals surface area contributed by atoms with Crippen LogP contribution in [-0.2, 0) is 0 Å². The molecule has 0 spiro atoms. The van der Waals surface area contributed by atoms with Crippen molar-refractivity contribution in [1.29, 1.82) is 0 Å². The van der Waals surface area contributed by atoms with Crippen LogP contribution < -0.4 is 5.32 Å². The Bertz CT molecular complexity index is 3390. The molecular formula is C51H32N4OS. The Hall–Kier alpha value is -7.28. The van der Waals surface area contributed by atoms with Gasteiger partial charge in [-0.3, -0.25) is 0 Å². The lowest BCUT2D eigenvalue weighted by Crippen LogP contribution is -2.33. The Morgan fingerprint density at radius 2 is 1.14 bits per heavy atom. The fraction of sp³-hybridized carbons (Fsp3) is 0.0196. The smallest absolute Gasteiger partial charge is 0.163 e. The van der Waals surface area contributed by atoms with E-state index in [9.17, 15) is 0 Å². The van der Waals surface area contributed by atoms with Crippen LogP contribution in [0, 0.1) is 0 Å². The van der Waals surface area contributed by atoms with E-state index in [4.69, 9.17) is 14.4 Å². The molecule has 1 atom stereocenters. The number of fused-ring (bicyclic) bond motifs is 9. The number of furan rings is 1. The molecule has 0 aliphatic carbocycles. The highest BCUT2D eigenvalue weighted by molar-refractivity contribution is 7.25. The zero-order valence-electron chi connectivity index (χ0n) is 30.6. The van der Waals surface area contributed by atoms with E-state index < -0.39 is 0 Å². The van der Waals surface area contributed by atoms with Crippen molar-refractivity contribution in [3.8, 4) is 16.8 Å². The number of hydrogen-bond acceptors (Lipinski definition) is 5. The first kappa shape index (κ1) is 32.0. The van der Waals surface area contributed by atoms with Gasteiger partial charge >= 0.3 is 0 Å². The first-order valence-corrected chi connectivity index (χ1v) is 20.0. The van der Waals surface area contributed by atoms with E-state index in [1.165, 1.54) is 47.7 Å². The van der Waals surface area contributed by atoms with Gasteiger partial charge in [-0.25, -0.2) is 9.98 Å². The van der Waals surface area contributed by atoms with Crippen molar-refractivity contribution in [2.45, 2.75) is 6.17 Å². The number of rotatable bonds is 5. The summed E-state index contributed by atoms with van der Waals surface area (Å²) in [6.45, 7) is 0. The van der Waals surface area contributed by atoms with E-state index in [1.807, 2.05) is 47.7 Å². The molecular weight excluding hydrogens is 717 g/mol. The molecule has 1 unspecified atom stereocenters. The van der Waals surface area contributed by atoms with Gasteiger partial charge in [0, 0.05) is 53.0 Å².